The molecule has 0 saturated heterocycles. The maximum Gasteiger partial charge on any atom is 0.243 e. The Morgan fingerprint density at radius 2 is 2.17 bits per heavy atom. The van der Waals surface area contributed by atoms with Crippen LogP contribution in [0, 0.1) is 12.7 Å². The predicted octanol–water partition coefficient (Wildman–Crippen LogP) is 1.77. The van der Waals surface area contributed by atoms with Gasteiger partial charge < -0.3 is 5.32 Å². The fraction of sp³-hybridized carbons (Fsp3) is 0.353. The number of carbonyl (C=O) groups is 2. The number of anilines is 1. The van der Waals surface area contributed by atoms with E-state index in [2.05, 4.69) is 10.4 Å². The lowest BCUT2D eigenvalue weighted by Gasteiger charge is -2.31. The lowest BCUT2D eigenvalue weighted by molar-refractivity contribution is -0.126. The Hall–Kier alpha value is -2.70. The number of benzene rings is 1. The van der Waals surface area contributed by atoms with Crippen LogP contribution in [0.3, 0.4) is 0 Å². The second-order valence-corrected chi connectivity index (χ2v) is 5.87. The second-order valence-electron chi connectivity index (χ2n) is 5.87. The maximum absolute atomic E-state index is 13.6. The fourth-order valence-corrected chi connectivity index (χ4v) is 2.84. The molecule has 24 heavy (non-hydrogen) atoms. The maximum atomic E-state index is 13.6. The SMILES string of the molecule is Cc1cc2n(n1)CCC(=O)N2[C@@H](C)C(=O)NCc1ccccc1F. The normalized spacial score (nSPS) is 15.1. The molecule has 0 spiro atoms. The van der Waals surface area contributed by atoms with Gasteiger partial charge in [0.05, 0.1) is 12.2 Å². The Labute approximate surface area is 139 Å². The summed E-state index contributed by atoms with van der Waals surface area (Å²) >= 11 is 0. The van der Waals surface area contributed by atoms with Gasteiger partial charge in [0.1, 0.15) is 17.7 Å². The highest BCUT2D eigenvalue weighted by molar-refractivity contribution is 6.00. The molecule has 1 aliphatic heterocycles. The van der Waals surface area contributed by atoms with Gasteiger partial charge >= 0.3 is 0 Å². The van der Waals surface area contributed by atoms with E-state index >= 15 is 0 Å². The number of amides is 2. The minimum Gasteiger partial charge on any atom is -0.350 e. The third kappa shape index (κ3) is 3.02. The molecule has 1 aromatic heterocycles. The minimum atomic E-state index is -0.695. The largest absolute Gasteiger partial charge is 0.350 e. The molecule has 0 aliphatic carbocycles. The first kappa shape index (κ1) is 16.2. The van der Waals surface area contributed by atoms with Crippen molar-refractivity contribution < 1.29 is 14.0 Å². The molecule has 0 fully saturated rings. The first-order valence-electron chi connectivity index (χ1n) is 7.85. The number of nitrogens with zero attached hydrogens (tertiary/aromatic N) is 3. The molecule has 0 radical (unpaired) electrons. The van der Waals surface area contributed by atoms with Gasteiger partial charge in [0, 0.05) is 24.6 Å². The van der Waals surface area contributed by atoms with Crippen molar-refractivity contribution >= 4 is 17.6 Å². The Bertz CT molecular complexity index is 787. The molecular formula is C17H19FN4O2. The van der Waals surface area contributed by atoms with E-state index < -0.39 is 6.04 Å². The van der Waals surface area contributed by atoms with E-state index in [0.29, 0.717) is 24.3 Å². The summed E-state index contributed by atoms with van der Waals surface area (Å²) in [6, 6.07) is 7.37. The number of hydrogen-bond donors (Lipinski definition) is 1. The van der Waals surface area contributed by atoms with Gasteiger partial charge in [-0.3, -0.25) is 14.5 Å². The van der Waals surface area contributed by atoms with Gasteiger partial charge in [0.15, 0.2) is 0 Å². The monoisotopic (exact) mass is 330 g/mol. The summed E-state index contributed by atoms with van der Waals surface area (Å²) in [6.07, 6.45) is 0.305. The summed E-state index contributed by atoms with van der Waals surface area (Å²) in [4.78, 5) is 26.2. The van der Waals surface area contributed by atoms with Crippen molar-refractivity contribution in [3.63, 3.8) is 0 Å². The smallest absolute Gasteiger partial charge is 0.243 e. The van der Waals surface area contributed by atoms with Gasteiger partial charge in [-0.1, -0.05) is 18.2 Å². The molecule has 7 heteroatoms. The number of hydrogen-bond acceptors (Lipinski definition) is 3. The fourth-order valence-electron chi connectivity index (χ4n) is 2.84. The van der Waals surface area contributed by atoms with Gasteiger partial charge in [-0.15, -0.1) is 0 Å². The lowest BCUT2D eigenvalue weighted by atomic mass is 10.1. The van der Waals surface area contributed by atoms with Gasteiger partial charge in [0.25, 0.3) is 0 Å². The highest BCUT2D eigenvalue weighted by atomic mass is 19.1. The quantitative estimate of drug-likeness (QED) is 0.929. The second kappa shape index (κ2) is 6.43. The zero-order valence-electron chi connectivity index (χ0n) is 13.6. The highest BCUT2D eigenvalue weighted by Gasteiger charge is 2.33. The van der Waals surface area contributed by atoms with Gasteiger partial charge in [-0.25, -0.2) is 9.07 Å². The van der Waals surface area contributed by atoms with Crippen molar-refractivity contribution in [1.29, 1.82) is 0 Å². The number of carbonyl (C=O) groups excluding carboxylic acids is 2. The van der Waals surface area contributed by atoms with Crippen molar-refractivity contribution in [2.24, 2.45) is 0 Å². The van der Waals surface area contributed by atoms with Crippen LogP contribution < -0.4 is 10.2 Å². The average Bonchev–Trinajstić information content (AvgIpc) is 2.93. The highest BCUT2D eigenvalue weighted by Crippen LogP contribution is 2.24. The Kier molecular flexibility index (Phi) is 4.33. The van der Waals surface area contributed by atoms with E-state index in [1.807, 2.05) is 6.92 Å². The zero-order chi connectivity index (χ0) is 17.3. The van der Waals surface area contributed by atoms with E-state index in [0.717, 1.165) is 5.69 Å². The van der Waals surface area contributed by atoms with E-state index in [9.17, 15) is 14.0 Å². The number of halogens is 1. The van der Waals surface area contributed by atoms with Gasteiger partial charge in [0.2, 0.25) is 11.8 Å². The Balaban J connectivity index is 1.73. The predicted molar refractivity (Wildman–Crippen MR) is 86.8 cm³/mol. The molecule has 2 aromatic rings. The van der Waals surface area contributed by atoms with Crippen molar-refractivity contribution in [2.45, 2.75) is 39.4 Å². The molecule has 1 N–H and O–H groups in total. The third-order valence-electron chi connectivity index (χ3n) is 4.11. The van der Waals surface area contributed by atoms with Crippen LogP contribution in [0.2, 0.25) is 0 Å². The summed E-state index contributed by atoms with van der Waals surface area (Å²) in [5, 5.41) is 7.02. The van der Waals surface area contributed by atoms with Crippen LogP contribution in [-0.4, -0.2) is 27.6 Å². The summed E-state index contributed by atoms with van der Waals surface area (Å²) in [7, 11) is 0. The van der Waals surface area contributed by atoms with Crippen LogP contribution in [0.25, 0.3) is 0 Å². The van der Waals surface area contributed by atoms with Gasteiger partial charge in [-0.2, -0.15) is 5.10 Å². The molecule has 0 bridgehead atoms. The molecule has 1 aromatic carbocycles. The number of aromatic nitrogens is 2. The van der Waals surface area contributed by atoms with E-state index in [1.165, 1.54) is 11.0 Å². The van der Waals surface area contributed by atoms with Crippen LogP contribution >= 0.6 is 0 Å². The zero-order valence-corrected chi connectivity index (χ0v) is 13.6. The van der Waals surface area contributed by atoms with Crippen LogP contribution in [0.4, 0.5) is 10.2 Å². The molecule has 2 amide bonds. The standard InChI is InChI=1S/C17H19FN4O2/c1-11-9-15-21(20-11)8-7-16(23)22(15)12(2)17(24)19-10-13-5-3-4-6-14(13)18/h3-6,9,12H,7-8,10H2,1-2H3,(H,19,24)/t12-/m0/s1. The first-order valence-corrected chi connectivity index (χ1v) is 7.85. The van der Waals surface area contributed by atoms with E-state index in [1.54, 1.807) is 35.9 Å². The molecule has 2 heterocycles. The number of rotatable bonds is 4. The Morgan fingerprint density at radius 3 is 2.92 bits per heavy atom. The topological polar surface area (TPSA) is 67.2 Å². The third-order valence-corrected chi connectivity index (χ3v) is 4.11. The van der Waals surface area contributed by atoms with Crippen molar-refractivity contribution in [2.75, 3.05) is 4.90 Å². The molecule has 1 atom stereocenters. The van der Waals surface area contributed by atoms with Crippen molar-refractivity contribution in [3.8, 4) is 0 Å². The molecule has 0 saturated carbocycles. The Morgan fingerprint density at radius 1 is 1.42 bits per heavy atom. The van der Waals surface area contributed by atoms with Crippen molar-refractivity contribution in [1.82, 2.24) is 15.1 Å². The van der Waals surface area contributed by atoms with Crippen LogP contribution in [-0.2, 0) is 22.7 Å². The summed E-state index contributed by atoms with van der Waals surface area (Å²) in [5.41, 5.74) is 1.20. The first-order chi connectivity index (χ1) is 11.5. The summed E-state index contributed by atoms with van der Waals surface area (Å²) in [5.74, 6) is -0.194. The number of fused-ring (bicyclic) bond motifs is 1. The summed E-state index contributed by atoms with van der Waals surface area (Å²) < 4.78 is 15.4. The molecule has 126 valence electrons. The molecule has 0 unspecified atom stereocenters. The van der Waals surface area contributed by atoms with Crippen LogP contribution in [0.1, 0.15) is 24.6 Å². The van der Waals surface area contributed by atoms with Crippen LogP contribution in [0.5, 0.6) is 0 Å². The molecule has 1 aliphatic rings. The van der Waals surface area contributed by atoms with E-state index in [4.69, 9.17) is 0 Å². The molecule has 6 nitrogen and oxygen atoms in total. The number of nitrogens with one attached hydrogen (secondary N) is 1. The van der Waals surface area contributed by atoms with Crippen molar-refractivity contribution in [3.05, 3.63) is 47.4 Å². The van der Waals surface area contributed by atoms with E-state index in [-0.39, 0.29) is 24.2 Å². The molecular weight excluding hydrogens is 311 g/mol. The lowest BCUT2D eigenvalue weighted by Crippen LogP contribution is -2.50. The van der Waals surface area contributed by atoms with Gasteiger partial charge in [-0.05, 0) is 19.9 Å². The minimum absolute atomic E-state index is 0.0795. The van der Waals surface area contributed by atoms with Crippen LogP contribution in [0.15, 0.2) is 30.3 Å². The average molecular weight is 330 g/mol. The molecule has 3 rings (SSSR count). The number of aryl methyl sites for hydroxylation is 2. The summed E-state index contributed by atoms with van der Waals surface area (Å²) in [6.45, 7) is 4.10.